The molecule has 1 aromatic heterocycles. The van der Waals surface area contributed by atoms with Crippen molar-refractivity contribution in [2.24, 2.45) is 17.8 Å². The molecule has 204 valence electrons. The number of rotatable bonds is 5. The van der Waals surface area contributed by atoms with E-state index in [2.05, 4.69) is 15.3 Å². The van der Waals surface area contributed by atoms with Crippen LogP contribution in [0.1, 0.15) is 49.5 Å². The Labute approximate surface area is 222 Å². The molecule has 1 aromatic carbocycles. The highest BCUT2D eigenvalue weighted by molar-refractivity contribution is 7.90. The molecule has 4 bridgehead atoms. The smallest absolute Gasteiger partial charge is 0.270 e. The lowest BCUT2D eigenvalue weighted by Crippen LogP contribution is -2.61. The summed E-state index contributed by atoms with van der Waals surface area (Å²) in [6.45, 7) is 3.50. The van der Waals surface area contributed by atoms with E-state index in [1.165, 1.54) is 12.1 Å². The van der Waals surface area contributed by atoms with Gasteiger partial charge in [-0.05, 0) is 81.0 Å². The Bertz CT molecular complexity index is 1350. The van der Waals surface area contributed by atoms with E-state index < -0.39 is 21.3 Å². The van der Waals surface area contributed by atoms with Crippen LogP contribution in [-0.2, 0) is 9.84 Å². The summed E-state index contributed by atoms with van der Waals surface area (Å²) in [6.07, 6.45) is 7.22. The highest BCUT2D eigenvalue weighted by Gasteiger charge is 2.55. The second kappa shape index (κ2) is 9.15. The van der Waals surface area contributed by atoms with Crippen molar-refractivity contribution in [1.29, 1.82) is 0 Å². The molecule has 5 aliphatic rings. The van der Waals surface area contributed by atoms with Gasteiger partial charge >= 0.3 is 0 Å². The first-order valence-corrected chi connectivity index (χ1v) is 15.3. The van der Waals surface area contributed by atoms with Crippen LogP contribution in [0, 0.1) is 23.6 Å². The number of benzene rings is 1. The molecule has 1 saturated heterocycles. The van der Waals surface area contributed by atoms with Crippen LogP contribution in [-0.4, -0.2) is 73.0 Å². The zero-order valence-electron chi connectivity index (χ0n) is 21.7. The molecule has 1 aliphatic heterocycles. The first kappa shape index (κ1) is 25.5. The summed E-state index contributed by atoms with van der Waals surface area (Å²) in [5.74, 6) is 0.880. The molecular formula is C27H34FN5O4S. The molecule has 2 N–H and O–H groups in total. The molecule has 38 heavy (non-hydrogen) atoms. The van der Waals surface area contributed by atoms with Crippen LogP contribution in [0.4, 0.5) is 16.0 Å². The fourth-order valence-electron chi connectivity index (χ4n) is 7.50. The normalized spacial score (nSPS) is 32.5. The average molecular weight is 544 g/mol. The second-order valence-corrected chi connectivity index (χ2v) is 13.8. The van der Waals surface area contributed by atoms with Crippen LogP contribution in [0.25, 0.3) is 0 Å². The van der Waals surface area contributed by atoms with Gasteiger partial charge in [0.15, 0.2) is 9.84 Å². The maximum atomic E-state index is 14.8. The molecule has 0 radical (unpaired) electrons. The zero-order valence-corrected chi connectivity index (χ0v) is 22.5. The van der Waals surface area contributed by atoms with Crippen molar-refractivity contribution < 1.29 is 22.7 Å². The Hall–Kier alpha value is -2.79. The standard InChI is InChI=1S/C27H34FN5O4S/c1-16-15-32(23-4-3-20(11-21(23)28)38(2,36)37)7-8-33(16)26-29-6-5-22(30-26)25(34)31-24-18-9-17-10-19(24)14-27(35,12-17)13-18/h3-6,11,16-19,24,35H,7-10,12-15H2,1-2H3,(H,31,34)/t16-,17?,18-,19+,24?,27?/m1/s1. The van der Waals surface area contributed by atoms with Gasteiger partial charge in [0.2, 0.25) is 5.95 Å². The minimum Gasteiger partial charge on any atom is -0.390 e. The molecule has 1 amide bonds. The van der Waals surface area contributed by atoms with Crippen LogP contribution >= 0.6 is 0 Å². The van der Waals surface area contributed by atoms with Gasteiger partial charge in [0.1, 0.15) is 11.5 Å². The van der Waals surface area contributed by atoms with E-state index in [9.17, 15) is 22.7 Å². The predicted molar refractivity (Wildman–Crippen MR) is 140 cm³/mol. The Morgan fingerprint density at radius 2 is 1.89 bits per heavy atom. The van der Waals surface area contributed by atoms with Crippen molar-refractivity contribution in [2.75, 3.05) is 35.7 Å². The predicted octanol–water partition coefficient (Wildman–Crippen LogP) is 2.40. The summed E-state index contributed by atoms with van der Waals surface area (Å²) in [6, 6.07) is 5.64. The molecule has 11 heteroatoms. The molecule has 4 aliphatic carbocycles. The van der Waals surface area contributed by atoms with E-state index in [0.717, 1.165) is 44.4 Å². The van der Waals surface area contributed by atoms with Crippen molar-refractivity contribution >= 4 is 27.4 Å². The van der Waals surface area contributed by atoms with E-state index in [4.69, 9.17) is 0 Å². The SMILES string of the molecule is C[C@@H]1CN(c2ccc(S(C)(=O)=O)cc2F)CCN1c1nccc(C(=O)NC2[C@@H]3CC4C[C@H]2CC(O)(C4)C3)n1. The molecule has 2 aromatic rings. The van der Waals surface area contributed by atoms with Crippen molar-refractivity contribution in [1.82, 2.24) is 15.3 Å². The van der Waals surface area contributed by atoms with Crippen LogP contribution in [0.15, 0.2) is 35.4 Å². The number of carbonyl (C=O) groups excluding carboxylic acids is 1. The van der Waals surface area contributed by atoms with Crippen molar-refractivity contribution in [3.63, 3.8) is 0 Å². The van der Waals surface area contributed by atoms with E-state index in [1.807, 2.05) is 16.7 Å². The van der Waals surface area contributed by atoms with Gasteiger partial charge in [0, 0.05) is 44.2 Å². The van der Waals surface area contributed by atoms with Crippen LogP contribution in [0.2, 0.25) is 0 Å². The number of carbonyl (C=O) groups is 1. The van der Waals surface area contributed by atoms with Gasteiger partial charge in [-0.3, -0.25) is 4.79 Å². The van der Waals surface area contributed by atoms with E-state index >= 15 is 0 Å². The van der Waals surface area contributed by atoms with Crippen molar-refractivity contribution in [3.8, 4) is 0 Å². The minimum atomic E-state index is -3.48. The maximum Gasteiger partial charge on any atom is 0.270 e. The fourth-order valence-corrected chi connectivity index (χ4v) is 8.14. The number of nitrogens with zero attached hydrogens (tertiary/aromatic N) is 4. The Morgan fingerprint density at radius 1 is 1.16 bits per heavy atom. The number of amides is 1. The monoisotopic (exact) mass is 543 g/mol. The summed E-state index contributed by atoms with van der Waals surface area (Å²) < 4.78 is 38.3. The van der Waals surface area contributed by atoms with Crippen LogP contribution in [0.3, 0.4) is 0 Å². The van der Waals surface area contributed by atoms with Gasteiger partial charge in [0.05, 0.1) is 16.2 Å². The number of nitrogens with one attached hydrogen (secondary N) is 1. The largest absolute Gasteiger partial charge is 0.390 e. The first-order valence-electron chi connectivity index (χ1n) is 13.4. The Balaban J connectivity index is 1.13. The summed E-state index contributed by atoms with van der Waals surface area (Å²) in [5, 5.41) is 14.1. The molecule has 5 fully saturated rings. The van der Waals surface area contributed by atoms with E-state index in [1.54, 1.807) is 12.3 Å². The highest BCUT2D eigenvalue weighted by atomic mass is 32.2. The number of hydrogen-bond acceptors (Lipinski definition) is 8. The van der Waals surface area contributed by atoms with Crippen LogP contribution in [0.5, 0.6) is 0 Å². The zero-order chi connectivity index (χ0) is 26.8. The Kier molecular flexibility index (Phi) is 6.14. The summed E-state index contributed by atoms with van der Waals surface area (Å²) >= 11 is 0. The van der Waals surface area contributed by atoms with Crippen molar-refractivity contribution in [3.05, 3.63) is 42.0 Å². The summed E-state index contributed by atoms with van der Waals surface area (Å²) in [5.41, 5.74) is 0.134. The maximum absolute atomic E-state index is 14.8. The molecule has 2 heterocycles. The summed E-state index contributed by atoms with van der Waals surface area (Å²) in [4.78, 5) is 26.1. The van der Waals surface area contributed by atoms with E-state index in [0.29, 0.717) is 54.7 Å². The van der Waals surface area contributed by atoms with E-state index in [-0.39, 0.29) is 22.9 Å². The molecule has 4 saturated carbocycles. The molecule has 9 nitrogen and oxygen atoms in total. The molecule has 7 rings (SSSR count). The van der Waals surface area contributed by atoms with Gasteiger partial charge in [-0.25, -0.2) is 22.8 Å². The third kappa shape index (κ3) is 4.64. The van der Waals surface area contributed by atoms with Crippen molar-refractivity contribution in [2.45, 2.75) is 61.6 Å². The van der Waals surface area contributed by atoms with Gasteiger partial charge in [-0.1, -0.05) is 0 Å². The fraction of sp³-hybridized carbons (Fsp3) is 0.593. The second-order valence-electron chi connectivity index (χ2n) is 11.8. The number of halogens is 1. The quantitative estimate of drug-likeness (QED) is 0.591. The summed E-state index contributed by atoms with van der Waals surface area (Å²) in [7, 11) is -3.48. The van der Waals surface area contributed by atoms with Crippen LogP contribution < -0.4 is 15.1 Å². The average Bonchev–Trinajstić information content (AvgIpc) is 2.84. The van der Waals surface area contributed by atoms with Gasteiger partial charge in [-0.15, -0.1) is 0 Å². The number of hydrogen-bond donors (Lipinski definition) is 2. The number of sulfone groups is 1. The molecule has 6 atom stereocenters. The molecule has 3 unspecified atom stereocenters. The molecular weight excluding hydrogens is 509 g/mol. The third-order valence-corrected chi connectivity index (χ3v) is 10.1. The topological polar surface area (TPSA) is 116 Å². The minimum absolute atomic E-state index is 0.0431. The number of aliphatic hydroxyl groups is 1. The number of piperazine rings is 1. The lowest BCUT2D eigenvalue weighted by atomic mass is 9.52. The number of aromatic nitrogens is 2. The Morgan fingerprint density at radius 3 is 2.53 bits per heavy atom. The van der Waals surface area contributed by atoms with Gasteiger partial charge < -0.3 is 20.2 Å². The van der Waals surface area contributed by atoms with Gasteiger partial charge in [-0.2, -0.15) is 0 Å². The third-order valence-electron chi connectivity index (χ3n) is 8.99. The lowest BCUT2D eigenvalue weighted by Gasteiger charge is -2.58. The number of anilines is 2. The highest BCUT2D eigenvalue weighted by Crippen LogP contribution is 2.55. The van der Waals surface area contributed by atoms with Gasteiger partial charge in [0.25, 0.3) is 5.91 Å². The molecule has 0 spiro atoms. The lowest BCUT2D eigenvalue weighted by molar-refractivity contribution is -0.136. The first-order chi connectivity index (χ1) is 18.0.